The molecule has 0 aliphatic rings. The molecule has 0 saturated heterocycles. The van der Waals surface area contributed by atoms with Crippen molar-refractivity contribution in [3.05, 3.63) is 33.4 Å². The van der Waals surface area contributed by atoms with Gasteiger partial charge in [-0.2, -0.15) is 5.26 Å². The van der Waals surface area contributed by atoms with Crippen molar-refractivity contribution >= 4 is 40.1 Å². The maximum absolute atomic E-state index is 12.2. The molecule has 6 heteroatoms. The van der Waals surface area contributed by atoms with Gasteiger partial charge in [-0.05, 0) is 19.9 Å². The molecule has 110 valence electrons. The second kappa shape index (κ2) is 5.97. The zero-order valence-electron chi connectivity index (χ0n) is 11.9. The molecule has 0 radical (unpaired) electrons. The van der Waals surface area contributed by atoms with Gasteiger partial charge in [0.2, 0.25) is 0 Å². The summed E-state index contributed by atoms with van der Waals surface area (Å²) in [6.45, 7) is 3.73. The van der Waals surface area contributed by atoms with Crippen molar-refractivity contribution < 1.29 is 9.53 Å². The van der Waals surface area contributed by atoms with Gasteiger partial charge in [0.15, 0.2) is 0 Å². The van der Waals surface area contributed by atoms with E-state index in [0.717, 1.165) is 5.39 Å². The normalized spacial score (nSPS) is 12.2. The molecule has 0 aliphatic heterocycles. The summed E-state index contributed by atoms with van der Waals surface area (Å²) in [7, 11) is 1.71. The third kappa shape index (κ3) is 2.48. The average molecular weight is 325 g/mol. The number of benzene rings is 1. The molecule has 1 aromatic heterocycles. The lowest BCUT2D eigenvalue weighted by atomic mass is 9.99. The number of halogens is 2. The molecule has 0 spiro atoms. The number of nitriles is 1. The molecule has 21 heavy (non-hydrogen) atoms. The van der Waals surface area contributed by atoms with Crippen molar-refractivity contribution in [2.24, 2.45) is 7.05 Å². The molecular weight excluding hydrogens is 311 g/mol. The van der Waals surface area contributed by atoms with Crippen molar-refractivity contribution in [3.8, 4) is 6.07 Å². The van der Waals surface area contributed by atoms with Gasteiger partial charge in [0.1, 0.15) is 5.69 Å². The molecular formula is C15H14Cl2N2O2. The molecule has 2 rings (SSSR count). The van der Waals surface area contributed by atoms with Crippen molar-refractivity contribution in [2.45, 2.75) is 19.8 Å². The van der Waals surface area contributed by atoms with E-state index in [1.165, 1.54) is 0 Å². The van der Waals surface area contributed by atoms with E-state index < -0.39 is 11.9 Å². The van der Waals surface area contributed by atoms with Gasteiger partial charge in [0, 0.05) is 18.0 Å². The van der Waals surface area contributed by atoms with Crippen molar-refractivity contribution in [3.63, 3.8) is 0 Å². The zero-order valence-corrected chi connectivity index (χ0v) is 13.4. The Morgan fingerprint density at radius 3 is 2.71 bits per heavy atom. The van der Waals surface area contributed by atoms with Crippen LogP contribution in [0.3, 0.4) is 0 Å². The number of aryl methyl sites for hydroxylation is 1. The van der Waals surface area contributed by atoms with E-state index in [9.17, 15) is 10.1 Å². The third-order valence-electron chi connectivity index (χ3n) is 3.38. The molecule has 0 amide bonds. The van der Waals surface area contributed by atoms with E-state index in [1.807, 2.05) is 0 Å². The van der Waals surface area contributed by atoms with Crippen LogP contribution < -0.4 is 0 Å². The summed E-state index contributed by atoms with van der Waals surface area (Å²) < 4.78 is 6.74. The van der Waals surface area contributed by atoms with Crippen LogP contribution in [0.25, 0.3) is 10.9 Å². The molecule has 4 nitrogen and oxygen atoms in total. The van der Waals surface area contributed by atoms with Crippen molar-refractivity contribution in [1.29, 1.82) is 5.26 Å². The Kier molecular flexibility index (Phi) is 4.46. The molecule has 1 atom stereocenters. The Morgan fingerprint density at radius 2 is 2.14 bits per heavy atom. The van der Waals surface area contributed by atoms with Crippen molar-refractivity contribution in [1.82, 2.24) is 4.57 Å². The van der Waals surface area contributed by atoms with Crippen LogP contribution in [0.15, 0.2) is 12.1 Å². The highest BCUT2D eigenvalue weighted by atomic mass is 35.5. The van der Waals surface area contributed by atoms with Crippen LogP contribution in [-0.4, -0.2) is 17.1 Å². The van der Waals surface area contributed by atoms with Crippen LogP contribution in [0.4, 0.5) is 0 Å². The SMILES string of the molecule is CCOC(=O)c1c(C(C)C#N)c2ccc(Cl)c(Cl)c2n1C. The minimum atomic E-state index is -0.472. The standard InChI is InChI=1S/C15H14Cl2N2O2/c1-4-21-15(20)14-11(8(2)7-18)9-5-6-10(16)12(17)13(9)19(14)3/h5-6,8H,4H2,1-3H3. The first-order valence-electron chi connectivity index (χ1n) is 6.47. The maximum atomic E-state index is 12.2. The van der Waals surface area contributed by atoms with E-state index in [1.54, 1.807) is 37.6 Å². The Labute approximate surface area is 132 Å². The number of fused-ring (bicyclic) bond motifs is 1. The number of carbonyl (C=O) groups excluding carboxylic acids is 1. The predicted octanol–water partition coefficient (Wildman–Crippen LogP) is 4.29. The van der Waals surface area contributed by atoms with Crippen LogP contribution in [-0.2, 0) is 11.8 Å². The summed E-state index contributed by atoms with van der Waals surface area (Å²) in [5.41, 5.74) is 1.58. The van der Waals surface area contributed by atoms with Crippen LogP contribution in [0.2, 0.25) is 10.0 Å². The Morgan fingerprint density at radius 1 is 1.48 bits per heavy atom. The summed E-state index contributed by atoms with van der Waals surface area (Å²) in [6, 6.07) is 5.60. The van der Waals surface area contributed by atoms with Gasteiger partial charge in [0.25, 0.3) is 0 Å². The molecule has 0 N–H and O–H groups in total. The summed E-state index contributed by atoms with van der Waals surface area (Å²) in [4.78, 5) is 12.2. The Hall–Kier alpha value is -1.70. The lowest BCUT2D eigenvalue weighted by molar-refractivity contribution is 0.0514. The Balaban J connectivity index is 2.89. The molecule has 0 bridgehead atoms. The number of rotatable bonds is 3. The number of carbonyl (C=O) groups is 1. The molecule has 1 aromatic carbocycles. The highest BCUT2D eigenvalue weighted by Crippen LogP contribution is 2.38. The second-order valence-electron chi connectivity index (χ2n) is 4.65. The Bertz CT molecular complexity index is 759. The van der Waals surface area contributed by atoms with Gasteiger partial charge in [-0.3, -0.25) is 0 Å². The van der Waals surface area contributed by atoms with Gasteiger partial charge in [-0.1, -0.05) is 29.3 Å². The quantitative estimate of drug-likeness (QED) is 0.791. The average Bonchev–Trinajstić information content (AvgIpc) is 2.76. The van der Waals surface area contributed by atoms with Gasteiger partial charge in [-0.25, -0.2) is 4.79 Å². The van der Waals surface area contributed by atoms with E-state index in [4.69, 9.17) is 27.9 Å². The van der Waals surface area contributed by atoms with Gasteiger partial charge in [-0.15, -0.1) is 0 Å². The summed E-state index contributed by atoms with van der Waals surface area (Å²) in [6.07, 6.45) is 0. The zero-order chi connectivity index (χ0) is 15.7. The fraction of sp³-hybridized carbons (Fsp3) is 0.333. The highest BCUT2D eigenvalue weighted by Gasteiger charge is 2.27. The summed E-state index contributed by atoms with van der Waals surface area (Å²) >= 11 is 12.3. The summed E-state index contributed by atoms with van der Waals surface area (Å²) in [5, 5.41) is 10.7. The van der Waals surface area contributed by atoms with Crippen LogP contribution in [0, 0.1) is 11.3 Å². The molecule has 1 heterocycles. The largest absolute Gasteiger partial charge is 0.461 e. The number of hydrogen-bond acceptors (Lipinski definition) is 3. The number of esters is 1. The topological polar surface area (TPSA) is 55.0 Å². The minimum Gasteiger partial charge on any atom is -0.461 e. The molecule has 2 aromatic rings. The van der Waals surface area contributed by atoms with E-state index in [-0.39, 0.29) is 6.61 Å². The molecule has 0 saturated carbocycles. The van der Waals surface area contributed by atoms with E-state index in [0.29, 0.717) is 26.8 Å². The predicted molar refractivity (Wildman–Crippen MR) is 82.9 cm³/mol. The number of hydrogen-bond donors (Lipinski definition) is 0. The molecule has 1 unspecified atom stereocenters. The van der Waals surface area contributed by atoms with Gasteiger partial charge >= 0.3 is 5.97 Å². The number of aromatic nitrogens is 1. The third-order valence-corrected chi connectivity index (χ3v) is 4.17. The van der Waals surface area contributed by atoms with Crippen LogP contribution in [0.5, 0.6) is 0 Å². The summed E-state index contributed by atoms with van der Waals surface area (Å²) in [5.74, 6) is -0.939. The minimum absolute atomic E-state index is 0.259. The van der Waals surface area contributed by atoms with Crippen molar-refractivity contribution in [2.75, 3.05) is 6.61 Å². The fourth-order valence-corrected chi connectivity index (χ4v) is 2.90. The number of nitrogens with zero attached hydrogens (tertiary/aromatic N) is 2. The second-order valence-corrected chi connectivity index (χ2v) is 5.44. The first-order valence-corrected chi connectivity index (χ1v) is 7.22. The van der Waals surface area contributed by atoms with Crippen LogP contribution >= 0.6 is 23.2 Å². The first kappa shape index (κ1) is 15.7. The van der Waals surface area contributed by atoms with E-state index >= 15 is 0 Å². The fourth-order valence-electron chi connectivity index (χ4n) is 2.45. The number of ether oxygens (including phenoxy) is 1. The molecule has 0 aliphatic carbocycles. The van der Waals surface area contributed by atoms with Gasteiger partial charge in [0.05, 0.1) is 34.2 Å². The highest BCUT2D eigenvalue weighted by molar-refractivity contribution is 6.45. The lowest BCUT2D eigenvalue weighted by Crippen LogP contribution is -2.13. The first-order chi connectivity index (χ1) is 9.93. The van der Waals surface area contributed by atoms with E-state index in [2.05, 4.69) is 6.07 Å². The van der Waals surface area contributed by atoms with Gasteiger partial charge < -0.3 is 9.30 Å². The lowest BCUT2D eigenvalue weighted by Gasteiger charge is -2.08. The van der Waals surface area contributed by atoms with Crippen LogP contribution in [0.1, 0.15) is 35.8 Å². The smallest absolute Gasteiger partial charge is 0.355 e. The maximum Gasteiger partial charge on any atom is 0.355 e. The molecule has 0 fully saturated rings. The monoisotopic (exact) mass is 324 g/mol.